The quantitative estimate of drug-likeness (QED) is 0.544. The van der Waals surface area contributed by atoms with E-state index in [1.807, 2.05) is 30.3 Å². The Morgan fingerprint density at radius 3 is 2.28 bits per heavy atom. The summed E-state index contributed by atoms with van der Waals surface area (Å²) in [6, 6.07) is 18.1. The van der Waals surface area contributed by atoms with Crippen molar-refractivity contribution in [2.24, 2.45) is 0 Å². The fraction of sp³-hybridized carbons (Fsp3) is 0.269. The Labute approximate surface area is 188 Å². The molecule has 0 radical (unpaired) electrons. The fourth-order valence-corrected chi connectivity index (χ4v) is 4.45. The van der Waals surface area contributed by atoms with E-state index in [0.717, 1.165) is 18.8 Å². The van der Waals surface area contributed by atoms with Gasteiger partial charge in [-0.2, -0.15) is 0 Å². The molecule has 32 heavy (non-hydrogen) atoms. The van der Waals surface area contributed by atoms with Crippen LogP contribution < -0.4 is 14.4 Å². The first-order chi connectivity index (χ1) is 15.5. The summed E-state index contributed by atoms with van der Waals surface area (Å²) in [6.07, 6.45) is 0. The highest BCUT2D eigenvalue weighted by atomic mass is 16.6. The third-order valence-electron chi connectivity index (χ3n) is 6.05. The molecule has 0 spiro atoms. The van der Waals surface area contributed by atoms with Crippen LogP contribution in [0.1, 0.15) is 40.9 Å². The Kier molecular flexibility index (Phi) is 5.70. The zero-order valence-corrected chi connectivity index (χ0v) is 18.7. The highest BCUT2D eigenvalue weighted by molar-refractivity contribution is 5.96. The van der Waals surface area contributed by atoms with Crippen molar-refractivity contribution in [3.05, 3.63) is 82.9 Å². The molecule has 1 aliphatic rings. The largest absolute Gasteiger partial charge is 0.507 e. The monoisotopic (exact) mass is 433 g/mol. The lowest BCUT2D eigenvalue weighted by Gasteiger charge is -2.32. The van der Waals surface area contributed by atoms with Crippen molar-refractivity contribution in [1.82, 2.24) is 0 Å². The van der Waals surface area contributed by atoms with Crippen LogP contribution in [0.25, 0.3) is 0 Å². The Morgan fingerprint density at radius 1 is 0.906 bits per heavy atom. The molecule has 0 amide bonds. The highest BCUT2D eigenvalue weighted by Crippen LogP contribution is 2.52. The first kappa shape index (κ1) is 21.6. The van der Waals surface area contributed by atoms with Crippen molar-refractivity contribution in [2.75, 3.05) is 32.2 Å². The molecule has 166 valence electrons. The van der Waals surface area contributed by atoms with E-state index >= 15 is 0 Å². The van der Waals surface area contributed by atoms with Crippen molar-refractivity contribution < 1.29 is 24.1 Å². The molecule has 1 atom stereocenters. The van der Waals surface area contributed by atoms with E-state index in [2.05, 4.69) is 18.7 Å². The van der Waals surface area contributed by atoms with Gasteiger partial charge in [0.05, 0.1) is 19.8 Å². The normalized spacial score (nSPS) is 16.9. The number of cyclic esters (lactones) is 1. The number of carbonyl (C=O) groups excluding carboxylic acids is 1. The molecule has 0 aromatic heterocycles. The summed E-state index contributed by atoms with van der Waals surface area (Å²) >= 11 is 0. The molecule has 0 aliphatic carbocycles. The summed E-state index contributed by atoms with van der Waals surface area (Å²) in [5.74, 6) is 0.683. The minimum atomic E-state index is -1.36. The number of ether oxygens (including phenoxy) is 3. The van der Waals surface area contributed by atoms with Crippen molar-refractivity contribution >= 4 is 11.7 Å². The van der Waals surface area contributed by atoms with Gasteiger partial charge in [0.2, 0.25) is 0 Å². The summed E-state index contributed by atoms with van der Waals surface area (Å²) in [7, 11) is 3.13. The summed E-state index contributed by atoms with van der Waals surface area (Å²) in [4.78, 5) is 15.1. The molecule has 1 unspecified atom stereocenters. The van der Waals surface area contributed by atoms with E-state index < -0.39 is 11.6 Å². The number of aromatic hydroxyl groups is 1. The minimum absolute atomic E-state index is 0.0387. The summed E-state index contributed by atoms with van der Waals surface area (Å²) in [6.45, 7) is 5.75. The molecule has 0 saturated carbocycles. The molecule has 0 bridgehead atoms. The molecule has 1 heterocycles. The van der Waals surface area contributed by atoms with Gasteiger partial charge in [-0.15, -0.1) is 0 Å². The number of rotatable bonds is 7. The maximum Gasteiger partial charge on any atom is 0.340 e. The van der Waals surface area contributed by atoms with E-state index in [1.54, 1.807) is 44.6 Å². The van der Waals surface area contributed by atoms with E-state index in [0.29, 0.717) is 33.8 Å². The third-order valence-corrected chi connectivity index (χ3v) is 6.05. The van der Waals surface area contributed by atoms with Gasteiger partial charge in [-0.25, -0.2) is 4.79 Å². The third kappa shape index (κ3) is 3.23. The van der Waals surface area contributed by atoms with E-state index in [4.69, 9.17) is 14.2 Å². The van der Waals surface area contributed by atoms with Gasteiger partial charge in [-0.1, -0.05) is 18.2 Å². The number of phenolic OH excluding ortho intramolecular Hbond substituents is 1. The van der Waals surface area contributed by atoms with Crippen molar-refractivity contribution in [3.63, 3.8) is 0 Å². The first-order valence-corrected chi connectivity index (χ1v) is 10.6. The topological polar surface area (TPSA) is 68.2 Å². The smallest absolute Gasteiger partial charge is 0.340 e. The standard InChI is InChI=1S/C26H27NO5/c1-5-27(6-2)17-11-13-21(23(28)15-17)26(20-10-8-7-9-19(20)25(29)32-26)22-14-12-18(30-3)16-24(22)31-4/h7-16,28H,5-6H2,1-4H3. The maximum absolute atomic E-state index is 13.0. The van der Waals surface area contributed by atoms with Gasteiger partial charge in [0.1, 0.15) is 17.2 Å². The first-order valence-electron chi connectivity index (χ1n) is 10.6. The van der Waals surface area contributed by atoms with Crippen LogP contribution in [0.2, 0.25) is 0 Å². The second-order valence-corrected chi connectivity index (χ2v) is 7.56. The van der Waals surface area contributed by atoms with Crippen LogP contribution in [0.15, 0.2) is 60.7 Å². The number of carbonyl (C=O) groups is 1. The lowest BCUT2D eigenvalue weighted by Crippen LogP contribution is -2.30. The number of benzene rings is 3. The number of hydrogen-bond donors (Lipinski definition) is 1. The van der Waals surface area contributed by atoms with Gasteiger partial charge >= 0.3 is 5.97 Å². The lowest BCUT2D eigenvalue weighted by molar-refractivity contribution is 0.0239. The van der Waals surface area contributed by atoms with Gasteiger partial charge in [0.15, 0.2) is 5.60 Å². The zero-order chi connectivity index (χ0) is 22.9. The molecule has 6 heteroatoms. The fourth-order valence-electron chi connectivity index (χ4n) is 4.45. The van der Waals surface area contributed by atoms with Crippen LogP contribution in [-0.4, -0.2) is 38.4 Å². The average Bonchev–Trinajstić information content (AvgIpc) is 3.12. The van der Waals surface area contributed by atoms with Crippen molar-refractivity contribution in [3.8, 4) is 17.2 Å². The molecule has 1 N–H and O–H groups in total. The Morgan fingerprint density at radius 2 is 1.62 bits per heavy atom. The Hall–Kier alpha value is -3.67. The molecule has 6 nitrogen and oxygen atoms in total. The van der Waals surface area contributed by atoms with Crippen LogP contribution in [0.3, 0.4) is 0 Å². The van der Waals surface area contributed by atoms with Crippen LogP contribution in [0.4, 0.5) is 5.69 Å². The SMILES string of the molecule is CCN(CC)c1ccc(C2(c3ccc(OC)cc3OC)OC(=O)c3ccccc32)c(O)c1. The molecule has 3 aromatic carbocycles. The number of hydrogen-bond acceptors (Lipinski definition) is 6. The molecule has 3 aromatic rings. The molecule has 1 aliphatic heterocycles. The number of nitrogens with zero attached hydrogens (tertiary/aromatic N) is 1. The Bertz CT molecular complexity index is 1150. The van der Waals surface area contributed by atoms with Gasteiger partial charge < -0.3 is 24.2 Å². The second kappa shape index (κ2) is 8.46. The van der Waals surface area contributed by atoms with E-state index in [1.165, 1.54) is 0 Å². The van der Waals surface area contributed by atoms with E-state index in [-0.39, 0.29) is 5.75 Å². The Balaban J connectivity index is 2.02. The van der Waals surface area contributed by atoms with Crippen LogP contribution in [0, 0.1) is 0 Å². The maximum atomic E-state index is 13.0. The molecule has 0 fully saturated rings. The second-order valence-electron chi connectivity index (χ2n) is 7.56. The number of phenols is 1. The number of esters is 1. The van der Waals surface area contributed by atoms with Gasteiger partial charge in [0, 0.05) is 47.6 Å². The average molecular weight is 434 g/mol. The van der Waals surface area contributed by atoms with Crippen LogP contribution in [-0.2, 0) is 10.3 Å². The number of methoxy groups -OCH3 is 2. The highest BCUT2D eigenvalue weighted by Gasteiger charge is 2.51. The lowest BCUT2D eigenvalue weighted by atomic mass is 9.79. The summed E-state index contributed by atoms with van der Waals surface area (Å²) in [5.41, 5.74) is 1.71. The molecular weight excluding hydrogens is 406 g/mol. The van der Waals surface area contributed by atoms with Gasteiger partial charge in [0.25, 0.3) is 0 Å². The van der Waals surface area contributed by atoms with Crippen molar-refractivity contribution in [1.29, 1.82) is 0 Å². The molecule has 4 rings (SSSR count). The molecular formula is C26H27NO5. The molecule has 0 saturated heterocycles. The zero-order valence-electron chi connectivity index (χ0n) is 18.7. The van der Waals surface area contributed by atoms with Crippen LogP contribution >= 0.6 is 0 Å². The van der Waals surface area contributed by atoms with Gasteiger partial charge in [-0.3, -0.25) is 0 Å². The minimum Gasteiger partial charge on any atom is -0.507 e. The van der Waals surface area contributed by atoms with Crippen LogP contribution in [0.5, 0.6) is 17.2 Å². The van der Waals surface area contributed by atoms with E-state index in [9.17, 15) is 9.90 Å². The number of fused-ring (bicyclic) bond motifs is 1. The summed E-state index contributed by atoms with van der Waals surface area (Å²) < 4.78 is 17.1. The van der Waals surface area contributed by atoms with Gasteiger partial charge in [-0.05, 0) is 44.2 Å². The number of anilines is 1. The van der Waals surface area contributed by atoms with Crippen molar-refractivity contribution in [2.45, 2.75) is 19.4 Å². The predicted octanol–water partition coefficient (Wildman–Crippen LogP) is 4.72. The predicted molar refractivity (Wildman–Crippen MR) is 123 cm³/mol. The summed E-state index contributed by atoms with van der Waals surface area (Å²) in [5, 5.41) is 11.2.